The number of aromatic nitrogens is 1. The number of nitrogens with one attached hydrogen (secondary N) is 1. The molecule has 2 N–H and O–H groups in total. The first kappa shape index (κ1) is 17.0. The molecule has 2 heterocycles. The number of nitrogens with zero attached hydrogens (tertiary/aromatic N) is 3. The number of rotatable bonds is 3. The van der Waals surface area contributed by atoms with E-state index in [2.05, 4.69) is 20.1 Å². The molecule has 0 atom stereocenters. The van der Waals surface area contributed by atoms with Gasteiger partial charge in [0, 0.05) is 32.2 Å². The van der Waals surface area contributed by atoms with Crippen LogP contribution in [0.15, 0.2) is 18.3 Å². The van der Waals surface area contributed by atoms with E-state index in [9.17, 15) is 4.79 Å². The molecule has 2 aliphatic carbocycles. The van der Waals surface area contributed by atoms with E-state index in [0.29, 0.717) is 5.69 Å². The van der Waals surface area contributed by atoms with Gasteiger partial charge in [-0.05, 0) is 25.0 Å². The lowest BCUT2D eigenvalue weighted by atomic mass is 10.2. The van der Waals surface area contributed by atoms with Crippen LogP contribution in [0, 0.1) is 0 Å². The summed E-state index contributed by atoms with van der Waals surface area (Å²) in [7, 11) is 0. The first-order valence-electron chi connectivity index (χ1n) is 9.17. The van der Waals surface area contributed by atoms with Crippen LogP contribution < -0.4 is 10.2 Å². The fourth-order valence-corrected chi connectivity index (χ4v) is 3.36. The molecule has 0 aromatic carbocycles. The van der Waals surface area contributed by atoms with Crippen molar-refractivity contribution in [2.75, 3.05) is 36.4 Å². The van der Waals surface area contributed by atoms with Crippen molar-refractivity contribution < 1.29 is 9.90 Å². The van der Waals surface area contributed by atoms with Gasteiger partial charge in [-0.1, -0.05) is 32.1 Å². The van der Waals surface area contributed by atoms with E-state index in [-0.39, 0.29) is 0 Å². The summed E-state index contributed by atoms with van der Waals surface area (Å²) in [6, 6.07) is 4.44. The Morgan fingerprint density at radius 2 is 1.71 bits per heavy atom. The molecule has 3 aliphatic rings. The van der Waals surface area contributed by atoms with Gasteiger partial charge in [0.25, 0.3) is 0 Å². The molecule has 1 aliphatic heterocycles. The third-order valence-electron chi connectivity index (χ3n) is 4.83. The molecular weight excluding hydrogens is 304 g/mol. The maximum Gasteiger partial charge on any atom is 0.409 e. The molecular formula is C18H28N4O2. The first-order valence-corrected chi connectivity index (χ1v) is 9.17. The van der Waals surface area contributed by atoms with E-state index in [0.717, 1.165) is 38.0 Å². The molecule has 3 fully saturated rings. The van der Waals surface area contributed by atoms with E-state index in [1.807, 2.05) is 6.07 Å². The second-order valence-corrected chi connectivity index (χ2v) is 6.86. The third kappa shape index (κ3) is 5.09. The molecule has 0 radical (unpaired) electrons. The van der Waals surface area contributed by atoms with Gasteiger partial charge in [-0.15, -0.1) is 0 Å². The number of piperazine rings is 1. The highest BCUT2D eigenvalue weighted by atomic mass is 16.4. The van der Waals surface area contributed by atoms with Crippen LogP contribution in [0.5, 0.6) is 0 Å². The number of pyridine rings is 1. The number of amides is 1. The maximum absolute atomic E-state index is 10.6. The van der Waals surface area contributed by atoms with Gasteiger partial charge in [-0.25, -0.2) is 9.78 Å². The Bertz CT molecular complexity index is 516. The Hall–Kier alpha value is -1.82. The van der Waals surface area contributed by atoms with E-state index in [1.54, 1.807) is 12.3 Å². The normalized spacial score (nSPS) is 21.1. The molecule has 24 heavy (non-hydrogen) atoms. The van der Waals surface area contributed by atoms with Crippen LogP contribution >= 0.6 is 0 Å². The molecule has 2 saturated carbocycles. The summed E-state index contributed by atoms with van der Waals surface area (Å²) in [5.74, 6) is 0.928. The first-order chi connectivity index (χ1) is 11.7. The molecule has 0 unspecified atom stereocenters. The van der Waals surface area contributed by atoms with Gasteiger partial charge in [0.1, 0.15) is 5.82 Å². The van der Waals surface area contributed by atoms with E-state index in [1.165, 1.54) is 44.9 Å². The zero-order valence-corrected chi connectivity index (χ0v) is 14.3. The Morgan fingerprint density at radius 1 is 1.04 bits per heavy atom. The highest BCUT2D eigenvalue weighted by molar-refractivity contribution is 5.82. The summed E-state index contributed by atoms with van der Waals surface area (Å²) in [5, 5.41) is 11.0. The predicted octanol–water partition coefficient (Wildman–Crippen LogP) is 3.41. The SMILES string of the molecule is C1CC1.O=C(O)Nc1ccc(N2CCN(C3CCCC3)CC2)nc1. The number of anilines is 2. The Labute approximate surface area is 143 Å². The molecule has 6 nitrogen and oxygen atoms in total. The molecule has 6 heteroatoms. The summed E-state index contributed by atoms with van der Waals surface area (Å²) < 4.78 is 0. The Kier molecular flexibility index (Phi) is 5.91. The van der Waals surface area contributed by atoms with Gasteiger partial charge in [-0.2, -0.15) is 0 Å². The summed E-state index contributed by atoms with van der Waals surface area (Å²) in [6.07, 6.45) is 10.5. The largest absolute Gasteiger partial charge is 0.465 e. The van der Waals surface area contributed by atoms with Gasteiger partial charge < -0.3 is 10.0 Å². The van der Waals surface area contributed by atoms with Crippen LogP contribution in [-0.4, -0.2) is 53.3 Å². The van der Waals surface area contributed by atoms with Crippen molar-refractivity contribution in [3.05, 3.63) is 18.3 Å². The van der Waals surface area contributed by atoms with Crippen molar-refractivity contribution in [3.8, 4) is 0 Å². The molecule has 4 rings (SSSR count). The zero-order chi connectivity index (χ0) is 16.8. The van der Waals surface area contributed by atoms with Crippen LogP contribution in [0.25, 0.3) is 0 Å². The lowest BCUT2D eigenvalue weighted by Crippen LogP contribution is -2.49. The average Bonchev–Trinajstić information content (AvgIpc) is 3.38. The summed E-state index contributed by atoms with van der Waals surface area (Å²) >= 11 is 0. The second kappa shape index (κ2) is 8.33. The average molecular weight is 332 g/mol. The highest BCUT2D eigenvalue weighted by Gasteiger charge is 2.26. The molecule has 0 spiro atoms. The minimum Gasteiger partial charge on any atom is -0.465 e. The van der Waals surface area contributed by atoms with Gasteiger partial charge in [-0.3, -0.25) is 10.2 Å². The van der Waals surface area contributed by atoms with Crippen molar-refractivity contribution in [1.82, 2.24) is 9.88 Å². The standard InChI is InChI=1S/C15H22N4O2.C3H6/c20-15(21)17-12-5-6-14(16-11-12)19-9-7-18(8-10-19)13-3-1-2-4-13;1-2-3-1/h5-6,11,13,17H,1-4,7-10H2,(H,20,21);1-3H2. The molecule has 132 valence electrons. The number of hydrogen-bond acceptors (Lipinski definition) is 4. The van der Waals surface area contributed by atoms with E-state index in [4.69, 9.17) is 5.11 Å². The fourth-order valence-electron chi connectivity index (χ4n) is 3.36. The number of hydrogen-bond donors (Lipinski definition) is 2. The van der Waals surface area contributed by atoms with Crippen molar-refractivity contribution in [2.45, 2.75) is 51.0 Å². The molecule has 1 amide bonds. The van der Waals surface area contributed by atoms with Gasteiger partial charge in [0.2, 0.25) is 0 Å². The fraction of sp³-hybridized carbons (Fsp3) is 0.667. The summed E-state index contributed by atoms with van der Waals surface area (Å²) in [6.45, 7) is 4.19. The van der Waals surface area contributed by atoms with Crippen LogP contribution in [0.3, 0.4) is 0 Å². The zero-order valence-electron chi connectivity index (χ0n) is 14.3. The minimum absolute atomic E-state index is 0.510. The van der Waals surface area contributed by atoms with Gasteiger partial charge in [0.15, 0.2) is 0 Å². The summed E-state index contributed by atoms with van der Waals surface area (Å²) in [5.41, 5.74) is 0.510. The maximum atomic E-state index is 10.6. The summed E-state index contributed by atoms with van der Waals surface area (Å²) in [4.78, 5) is 19.8. The lowest BCUT2D eigenvalue weighted by Gasteiger charge is -2.38. The van der Waals surface area contributed by atoms with Crippen LogP contribution in [0.4, 0.5) is 16.3 Å². The third-order valence-corrected chi connectivity index (χ3v) is 4.83. The van der Waals surface area contributed by atoms with Crippen molar-refractivity contribution >= 4 is 17.6 Å². The number of carbonyl (C=O) groups is 1. The molecule has 1 saturated heterocycles. The smallest absolute Gasteiger partial charge is 0.409 e. The van der Waals surface area contributed by atoms with Crippen molar-refractivity contribution in [3.63, 3.8) is 0 Å². The molecule has 1 aromatic rings. The Morgan fingerprint density at radius 3 is 2.21 bits per heavy atom. The lowest BCUT2D eigenvalue weighted by molar-refractivity contribution is 0.187. The molecule has 1 aromatic heterocycles. The van der Waals surface area contributed by atoms with E-state index >= 15 is 0 Å². The second-order valence-electron chi connectivity index (χ2n) is 6.86. The van der Waals surface area contributed by atoms with Crippen molar-refractivity contribution in [2.24, 2.45) is 0 Å². The van der Waals surface area contributed by atoms with E-state index < -0.39 is 6.09 Å². The molecule has 0 bridgehead atoms. The predicted molar refractivity (Wildman–Crippen MR) is 95.8 cm³/mol. The number of carboxylic acid groups (broad SMARTS) is 1. The van der Waals surface area contributed by atoms with Crippen LogP contribution in [0.2, 0.25) is 0 Å². The van der Waals surface area contributed by atoms with Crippen LogP contribution in [0.1, 0.15) is 44.9 Å². The van der Waals surface area contributed by atoms with Crippen LogP contribution in [-0.2, 0) is 0 Å². The van der Waals surface area contributed by atoms with Crippen molar-refractivity contribution in [1.29, 1.82) is 0 Å². The minimum atomic E-state index is -1.06. The Balaban J connectivity index is 0.000000508. The quantitative estimate of drug-likeness (QED) is 0.888. The topological polar surface area (TPSA) is 68.7 Å². The van der Waals surface area contributed by atoms with Gasteiger partial charge >= 0.3 is 6.09 Å². The monoisotopic (exact) mass is 332 g/mol. The highest BCUT2D eigenvalue weighted by Crippen LogP contribution is 2.25. The van der Waals surface area contributed by atoms with Gasteiger partial charge in [0.05, 0.1) is 11.9 Å².